The molecule has 0 saturated carbocycles. The lowest BCUT2D eigenvalue weighted by Crippen LogP contribution is -2.30. The van der Waals surface area contributed by atoms with Gasteiger partial charge in [-0.05, 0) is 31.0 Å². The van der Waals surface area contributed by atoms with E-state index in [4.69, 9.17) is 10.8 Å². The monoisotopic (exact) mass is 207 g/mol. The number of hydrogen-bond donors (Lipinski definition) is 2. The van der Waals surface area contributed by atoms with Gasteiger partial charge in [-0.15, -0.1) is 0 Å². The van der Waals surface area contributed by atoms with E-state index < -0.39 is 12.0 Å². The summed E-state index contributed by atoms with van der Waals surface area (Å²) < 4.78 is 0. The van der Waals surface area contributed by atoms with Crippen LogP contribution < -0.4 is 5.73 Å². The summed E-state index contributed by atoms with van der Waals surface area (Å²) in [7, 11) is 0. The average molecular weight is 207 g/mol. The Morgan fingerprint density at radius 2 is 2.13 bits per heavy atom. The number of hydrogen-bond acceptors (Lipinski definition) is 3. The number of rotatable bonds is 4. The van der Waals surface area contributed by atoms with Crippen molar-refractivity contribution in [1.29, 1.82) is 0 Å². The molecule has 0 saturated heterocycles. The Kier molecular flexibility index (Phi) is 3.57. The van der Waals surface area contributed by atoms with E-state index >= 15 is 0 Å². The summed E-state index contributed by atoms with van der Waals surface area (Å²) >= 11 is 0. The lowest BCUT2D eigenvalue weighted by atomic mass is 10.0. The molecule has 0 aromatic heterocycles. The molecule has 0 aliphatic rings. The third kappa shape index (κ3) is 3.18. The number of benzene rings is 1. The van der Waals surface area contributed by atoms with Crippen molar-refractivity contribution in [1.82, 2.24) is 0 Å². The minimum absolute atomic E-state index is 0.101. The molecule has 0 heterocycles. The lowest BCUT2D eigenvalue weighted by Gasteiger charge is -2.07. The Morgan fingerprint density at radius 3 is 2.67 bits per heavy atom. The highest BCUT2D eigenvalue weighted by Crippen LogP contribution is 2.07. The maximum atomic E-state index is 10.9. The van der Waals surface area contributed by atoms with Crippen molar-refractivity contribution in [3.8, 4) is 0 Å². The largest absolute Gasteiger partial charge is 0.478 e. The molecule has 3 N–H and O–H groups in total. The third-order valence-corrected chi connectivity index (χ3v) is 2.15. The molecule has 15 heavy (non-hydrogen) atoms. The first-order valence-electron chi connectivity index (χ1n) is 4.59. The second-order valence-electron chi connectivity index (χ2n) is 3.43. The minimum Gasteiger partial charge on any atom is -0.478 e. The molecule has 0 amide bonds. The van der Waals surface area contributed by atoms with E-state index in [2.05, 4.69) is 0 Å². The summed E-state index contributed by atoms with van der Waals surface area (Å²) in [5.74, 6) is -1.08. The van der Waals surface area contributed by atoms with Gasteiger partial charge in [0.25, 0.3) is 0 Å². The van der Waals surface area contributed by atoms with Crippen molar-refractivity contribution in [2.45, 2.75) is 19.4 Å². The van der Waals surface area contributed by atoms with Crippen molar-refractivity contribution in [3.63, 3.8) is 0 Å². The SMILES string of the molecule is CC(=O)C(N)Cc1cccc(C(=O)O)c1. The normalized spacial score (nSPS) is 12.1. The molecule has 4 nitrogen and oxygen atoms in total. The molecule has 1 aromatic rings. The third-order valence-electron chi connectivity index (χ3n) is 2.15. The molecule has 1 rings (SSSR count). The van der Waals surface area contributed by atoms with Gasteiger partial charge in [0.1, 0.15) is 5.78 Å². The molecule has 0 radical (unpaired) electrons. The zero-order valence-corrected chi connectivity index (χ0v) is 8.43. The maximum absolute atomic E-state index is 10.9. The van der Waals surface area contributed by atoms with Crippen molar-refractivity contribution < 1.29 is 14.7 Å². The van der Waals surface area contributed by atoms with E-state index in [1.54, 1.807) is 12.1 Å². The van der Waals surface area contributed by atoms with Crippen LogP contribution in [0.4, 0.5) is 0 Å². The van der Waals surface area contributed by atoms with E-state index in [-0.39, 0.29) is 11.3 Å². The molecule has 0 bridgehead atoms. The van der Waals surface area contributed by atoms with Gasteiger partial charge >= 0.3 is 5.97 Å². The smallest absolute Gasteiger partial charge is 0.335 e. The van der Waals surface area contributed by atoms with Gasteiger partial charge in [0.2, 0.25) is 0 Å². The second-order valence-corrected chi connectivity index (χ2v) is 3.43. The molecular weight excluding hydrogens is 194 g/mol. The van der Waals surface area contributed by atoms with Crippen molar-refractivity contribution >= 4 is 11.8 Å². The van der Waals surface area contributed by atoms with Crippen LogP contribution in [0.3, 0.4) is 0 Å². The molecule has 0 fully saturated rings. The number of carbonyl (C=O) groups excluding carboxylic acids is 1. The molecular formula is C11H13NO3. The Balaban J connectivity index is 2.82. The van der Waals surface area contributed by atoms with Crippen LogP contribution >= 0.6 is 0 Å². The highest BCUT2D eigenvalue weighted by Gasteiger charge is 2.10. The first-order valence-corrected chi connectivity index (χ1v) is 4.59. The standard InChI is InChI=1S/C11H13NO3/c1-7(13)10(12)6-8-3-2-4-9(5-8)11(14)15/h2-5,10H,6,12H2,1H3,(H,14,15). The number of carboxylic acids is 1. The fraction of sp³-hybridized carbons (Fsp3) is 0.273. The van der Waals surface area contributed by atoms with Gasteiger partial charge in [-0.2, -0.15) is 0 Å². The lowest BCUT2D eigenvalue weighted by molar-refractivity contribution is -0.118. The number of carboxylic acid groups (broad SMARTS) is 1. The van der Waals surface area contributed by atoms with Crippen LogP contribution in [0.5, 0.6) is 0 Å². The number of ketones is 1. The molecule has 0 aliphatic heterocycles. The average Bonchev–Trinajstić information content (AvgIpc) is 2.18. The zero-order valence-electron chi connectivity index (χ0n) is 8.43. The summed E-state index contributed by atoms with van der Waals surface area (Å²) in [6.45, 7) is 1.42. The van der Waals surface area contributed by atoms with Gasteiger partial charge in [0, 0.05) is 0 Å². The number of Topliss-reactive ketones (excluding diaryl/α,β-unsaturated/α-hetero) is 1. The fourth-order valence-electron chi connectivity index (χ4n) is 1.23. The zero-order chi connectivity index (χ0) is 11.4. The number of nitrogens with two attached hydrogens (primary N) is 1. The quantitative estimate of drug-likeness (QED) is 0.766. The fourth-order valence-corrected chi connectivity index (χ4v) is 1.23. The van der Waals surface area contributed by atoms with Gasteiger partial charge in [0.05, 0.1) is 11.6 Å². The summed E-state index contributed by atoms with van der Waals surface area (Å²) in [5, 5.41) is 8.75. The van der Waals surface area contributed by atoms with E-state index in [0.29, 0.717) is 6.42 Å². The van der Waals surface area contributed by atoms with Crippen LogP contribution in [0.15, 0.2) is 24.3 Å². The molecule has 0 aliphatic carbocycles. The van der Waals surface area contributed by atoms with Crippen LogP contribution in [-0.4, -0.2) is 22.9 Å². The highest BCUT2D eigenvalue weighted by molar-refractivity contribution is 5.87. The van der Waals surface area contributed by atoms with E-state index in [9.17, 15) is 9.59 Å². The Labute approximate surface area is 87.7 Å². The van der Waals surface area contributed by atoms with Gasteiger partial charge in [-0.1, -0.05) is 12.1 Å². The molecule has 80 valence electrons. The summed E-state index contributed by atoms with van der Waals surface area (Å²) in [4.78, 5) is 21.6. The second kappa shape index (κ2) is 4.70. The summed E-state index contributed by atoms with van der Waals surface area (Å²) in [6.07, 6.45) is 0.371. The van der Waals surface area contributed by atoms with Crippen LogP contribution in [0, 0.1) is 0 Å². The molecule has 4 heteroatoms. The highest BCUT2D eigenvalue weighted by atomic mass is 16.4. The molecule has 1 aromatic carbocycles. The Bertz CT molecular complexity index is 387. The number of aromatic carboxylic acids is 1. The van der Waals surface area contributed by atoms with Gasteiger partial charge < -0.3 is 10.8 Å². The van der Waals surface area contributed by atoms with Crippen molar-refractivity contribution in [2.24, 2.45) is 5.73 Å². The molecule has 0 spiro atoms. The predicted octanol–water partition coefficient (Wildman–Crippen LogP) is 0.844. The van der Waals surface area contributed by atoms with E-state index in [0.717, 1.165) is 5.56 Å². The van der Waals surface area contributed by atoms with Crippen LogP contribution in [0.2, 0.25) is 0 Å². The minimum atomic E-state index is -0.978. The first-order chi connectivity index (χ1) is 7.00. The van der Waals surface area contributed by atoms with Gasteiger partial charge in [0.15, 0.2) is 0 Å². The Morgan fingerprint density at radius 1 is 1.47 bits per heavy atom. The topological polar surface area (TPSA) is 80.4 Å². The van der Waals surface area contributed by atoms with Gasteiger partial charge in [-0.3, -0.25) is 4.79 Å². The Hall–Kier alpha value is -1.68. The predicted molar refractivity (Wildman–Crippen MR) is 55.8 cm³/mol. The van der Waals surface area contributed by atoms with Gasteiger partial charge in [-0.25, -0.2) is 4.79 Å². The summed E-state index contributed by atoms with van der Waals surface area (Å²) in [5.41, 5.74) is 6.55. The molecule has 1 atom stereocenters. The molecule has 1 unspecified atom stereocenters. The van der Waals surface area contributed by atoms with Crippen LogP contribution in [-0.2, 0) is 11.2 Å². The van der Waals surface area contributed by atoms with E-state index in [1.165, 1.54) is 19.1 Å². The van der Waals surface area contributed by atoms with Crippen molar-refractivity contribution in [3.05, 3.63) is 35.4 Å². The van der Waals surface area contributed by atoms with Crippen LogP contribution in [0.25, 0.3) is 0 Å². The van der Waals surface area contributed by atoms with E-state index in [1.807, 2.05) is 0 Å². The number of carbonyl (C=O) groups is 2. The maximum Gasteiger partial charge on any atom is 0.335 e. The summed E-state index contributed by atoms with van der Waals surface area (Å²) in [6, 6.07) is 5.88. The van der Waals surface area contributed by atoms with Crippen LogP contribution in [0.1, 0.15) is 22.8 Å². The van der Waals surface area contributed by atoms with Crippen molar-refractivity contribution in [2.75, 3.05) is 0 Å². The first kappa shape index (κ1) is 11.4.